The smallest absolute Gasteiger partial charge is 0.266 e. The zero-order valence-electron chi connectivity index (χ0n) is 6.92. The molecule has 3 nitrogen and oxygen atoms in total. The molecule has 4 heteroatoms. The Hall–Kier alpha value is -0.700. The highest BCUT2D eigenvalue weighted by atomic mass is 35.5. The number of nitrogens with zero attached hydrogens (tertiary/aromatic N) is 1. The van der Waals surface area contributed by atoms with Crippen LogP contribution in [0.15, 0.2) is 17.1 Å². The van der Waals surface area contributed by atoms with E-state index < -0.39 is 0 Å². The first kappa shape index (κ1) is 10.3. The van der Waals surface area contributed by atoms with E-state index in [9.17, 15) is 4.79 Å². The van der Waals surface area contributed by atoms with Crippen LogP contribution in [0.5, 0.6) is 0 Å². The zero-order valence-corrected chi connectivity index (χ0v) is 7.73. The SMILES string of the molecule is CC(C)(C)n1[nH]ccc1=O.Cl. The Labute approximate surface area is 71.8 Å². The molecular formula is C7H13ClN2O. The van der Waals surface area contributed by atoms with Crippen molar-refractivity contribution in [3.8, 4) is 0 Å². The van der Waals surface area contributed by atoms with Gasteiger partial charge < -0.3 is 5.10 Å². The maximum Gasteiger partial charge on any atom is 0.266 e. The summed E-state index contributed by atoms with van der Waals surface area (Å²) in [6, 6.07) is 1.52. The fourth-order valence-corrected chi connectivity index (χ4v) is 0.845. The van der Waals surface area contributed by atoms with Crippen molar-refractivity contribution in [3.63, 3.8) is 0 Å². The summed E-state index contributed by atoms with van der Waals surface area (Å²) in [5.41, 5.74) is -0.117. The van der Waals surface area contributed by atoms with Crippen molar-refractivity contribution in [2.75, 3.05) is 0 Å². The van der Waals surface area contributed by atoms with Crippen molar-refractivity contribution in [1.29, 1.82) is 0 Å². The van der Waals surface area contributed by atoms with Crippen LogP contribution in [-0.2, 0) is 5.54 Å². The van der Waals surface area contributed by atoms with Crippen LogP contribution < -0.4 is 5.56 Å². The number of nitrogens with one attached hydrogen (secondary N) is 1. The maximum absolute atomic E-state index is 11.0. The van der Waals surface area contributed by atoms with E-state index in [1.165, 1.54) is 6.07 Å². The van der Waals surface area contributed by atoms with Gasteiger partial charge in [-0.1, -0.05) is 0 Å². The highest BCUT2D eigenvalue weighted by molar-refractivity contribution is 5.85. The predicted molar refractivity (Wildman–Crippen MR) is 47.3 cm³/mol. The number of hydrogen-bond donors (Lipinski definition) is 1. The van der Waals surface area contributed by atoms with E-state index in [0.29, 0.717) is 0 Å². The molecule has 0 fully saturated rings. The van der Waals surface area contributed by atoms with Gasteiger partial charge in [-0.05, 0) is 20.8 Å². The molecule has 1 heterocycles. The van der Waals surface area contributed by atoms with E-state index >= 15 is 0 Å². The Morgan fingerprint density at radius 3 is 2.18 bits per heavy atom. The lowest BCUT2D eigenvalue weighted by Gasteiger charge is -2.18. The first-order valence-electron chi connectivity index (χ1n) is 3.29. The van der Waals surface area contributed by atoms with Gasteiger partial charge in [0, 0.05) is 12.3 Å². The van der Waals surface area contributed by atoms with Crippen molar-refractivity contribution in [2.24, 2.45) is 0 Å². The number of aromatic nitrogens is 2. The van der Waals surface area contributed by atoms with Crippen LogP contribution >= 0.6 is 12.4 Å². The number of hydrogen-bond acceptors (Lipinski definition) is 1. The molecule has 0 saturated heterocycles. The molecule has 1 aromatic heterocycles. The van der Waals surface area contributed by atoms with Crippen LogP contribution in [0, 0.1) is 0 Å². The van der Waals surface area contributed by atoms with Crippen molar-refractivity contribution >= 4 is 12.4 Å². The van der Waals surface area contributed by atoms with Crippen LogP contribution in [0.4, 0.5) is 0 Å². The van der Waals surface area contributed by atoms with Crippen LogP contribution in [0.3, 0.4) is 0 Å². The van der Waals surface area contributed by atoms with E-state index in [2.05, 4.69) is 5.10 Å². The summed E-state index contributed by atoms with van der Waals surface area (Å²) >= 11 is 0. The summed E-state index contributed by atoms with van der Waals surface area (Å²) in [5.74, 6) is 0. The average molecular weight is 177 g/mol. The Bertz CT molecular complexity index is 268. The first-order chi connectivity index (χ1) is 4.52. The number of halogens is 1. The van der Waals surface area contributed by atoms with Gasteiger partial charge in [-0.3, -0.25) is 4.79 Å². The quantitative estimate of drug-likeness (QED) is 0.637. The van der Waals surface area contributed by atoms with Gasteiger partial charge in [0.25, 0.3) is 5.56 Å². The fraction of sp³-hybridized carbons (Fsp3) is 0.571. The first-order valence-corrected chi connectivity index (χ1v) is 3.29. The number of aromatic amines is 1. The van der Waals surface area contributed by atoms with E-state index in [-0.39, 0.29) is 23.5 Å². The van der Waals surface area contributed by atoms with Crippen molar-refractivity contribution in [1.82, 2.24) is 9.78 Å². The molecule has 0 amide bonds. The largest absolute Gasteiger partial charge is 0.302 e. The summed E-state index contributed by atoms with van der Waals surface area (Å²) < 4.78 is 1.59. The minimum Gasteiger partial charge on any atom is -0.302 e. The topological polar surface area (TPSA) is 37.8 Å². The second-order valence-electron chi connectivity index (χ2n) is 3.31. The van der Waals surface area contributed by atoms with Crippen molar-refractivity contribution in [2.45, 2.75) is 26.3 Å². The Morgan fingerprint density at radius 1 is 1.45 bits per heavy atom. The third kappa shape index (κ3) is 2.12. The Morgan fingerprint density at radius 2 is 2.00 bits per heavy atom. The lowest BCUT2D eigenvalue weighted by Crippen LogP contribution is -2.31. The summed E-state index contributed by atoms with van der Waals surface area (Å²) in [5, 5.41) is 2.85. The van der Waals surface area contributed by atoms with Gasteiger partial charge in [0.15, 0.2) is 0 Å². The van der Waals surface area contributed by atoms with Crippen molar-refractivity contribution in [3.05, 3.63) is 22.6 Å². The second kappa shape index (κ2) is 3.13. The van der Waals surface area contributed by atoms with Gasteiger partial charge in [-0.2, -0.15) is 0 Å². The lowest BCUT2D eigenvalue weighted by atomic mass is 10.1. The zero-order chi connectivity index (χ0) is 7.78. The molecule has 0 aliphatic carbocycles. The molecule has 0 unspecified atom stereocenters. The molecule has 1 N–H and O–H groups in total. The fourth-order valence-electron chi connectivity index (χ4n) is 0.845. The third-order valence-corrected chi connectivity index (χ3v) is 1.32. The number of H-pyrrole nitrogens is 1. The molecule has 0 bridgehead atoms. The molecule has 11 heavy (non-hydrogen) atoms. The van der Waals surface area contributed by atoms with Gasteiger partial charge >= 0.3 is 0 Å². The Kier molecular flexibility index (Phi) is 2.93. The van der Waals surface area contributed by atoms with Crippen LogP contribution in [0.1, 0.15) is 20.8 Å². The molecule has 0 aromatic carbocycles. The summed E-state index contributed by atoms with van der Waals surface area (Å²) in [6.07, 6.45) is 1.65. The maximum atomic E-state index is 11.0. The van der Waals surface area contributed by atoms with Crippen LogP contribution in [0.2, 0.25) is 0 Å². The van der Waals surface area contributed by atoms with Gasteiger partial charge in [0.05, 0.1) is 5.54 Å². The molecule has 0 aliphatic heterocycles. The van der Waals surface area contributed by atoms with Gasteiger partial charge in [0.2, 0.25) is 0 Å². The highest BCUT2D eigenvalue weighted by Gasteiger charge is 2.13. The normalized spacial score (nSPS) is 10.8. The van der Waals surface area contributed by atoms with Gasteiger partial charge in [-0.15, -0.1) is 12.4 Å². The van der Waals surface area contributed by atoms with E-state index in [0.717, 1.165) is 0 Å². The molecule has 1 rings (SSSR count). The van der Waals surface area contributed by atoms with Crippen molar-refractivity contribution < 1.29 is 0 Å². The summed E-state index contributed by atoms with van der Waals surface area (Å²) in [6.45, 7) is 5.93. The van der Waals surface area contributed by atoms with Gasteiger partial charge in [0.1, 0.15) is 0 Å². The lowest BCUT2D eigenvalue weighted by molar-refractivity contribution is 0.345. The van der Waals surface area contributed by atoms with E-state index in [1.54, 1.807) is 10.9 Å². The van der Waals surface area contributed by atoms with E-state index in [1.807, 2.05) is 20.8 Å². The predicted octanol–water partition coefficient (Wildman–Crippen LogP) is 1.35. The molecule has 64 valence electrons. The van der Waals surface area contributed by atoms with E-state index in [4.69, 9.17) is 0 Å². The molecule has 0 radical (unpaired) electrons. The molecule has 0 atom stereocenters. The Balaban J connectivity index is 0.000001000. The molecule has 0 aliphatic rings. The minimum absolute atomic E-state index is 0. The summed E-state index contributed by atoms with van der Waals surface area (Å²) in [4.78, 5) is 11.0. The van der Waals surface area contributed by atoms with Crippen LogP contribution in [0.25, 0.3) is 0 Å². The average Bonchev–Trinajstić information content (AvgIpc) is 2.11. The summed E-state index contributed by atoms with van der Waals surface area (Å²) in [7, 11) is 0. The second-order valence-corrected chi connectivity index (χ2v) is 3.31. The molecule has 0 saturated carbocycles. The molecular weight excluding hydrogens is 164 g/mol. The highest BCUT2D eigenvalue weighted by Crippen LogP contribution is 2.07. The monoisotopic (exact) mass is 176 g/mol. The molecule has 0 spiro atoms. The van der Waals surface area contributed by atoms with Crippen LogP contribution in [-0.4, -0.2) is 9.78 Å². The standard InChI is InChI=1S/C7H12N2O.ClH/c1-7(2,3)9-6(10)4-5-8-9;/h4-5,8H,1-3H3;1H. The third-order valence-electron chi connectivity index (χ3n) is 1.32. The number of rotatable bonds is 0. The minimum atomic E-state index is -0.138. The van der Waals surface area contributed by atoms with Gasteiger partial charge in [-0.25, -0.2) is 4.68 Å². The molecule has 1 aromatic rings.